The Hall–Kier alpha value is -1.84. The largest absolute Gasteiger partial charge is 0.359 e. The molecule has 0 radical (unpaired) electrons. The van der Waals surface area contributed by atoms with Gasteiger partial charge >= 0.3 is 0 Å². The summed E-state index contributed by atoms with van der Waals surface area (Å²) in [7, 11) is 1.82. The minimum atomic E-state index is -0.145. The summed E-state index contributed by atoms with van der Waals surface area (Å²) in [6, 6.07) is 6.86. The number of imidazole rings is 1. The molecule has 0 bridgehead atoms. The Morgan fingerprint density at radius 3 is 2.94 bits per heavy atom. The van der Waals surface area contributed by atoms with Gasteiger partial charge in [0.1, 0.15) is 5.82 Å². The van der Waals surface area contributed by atoms with Gasteiger partial charge in [0.05, 0.1) is 0 Å². The van der Waals surface area contributed by atoms with Crippen molar-refractivity contribution in [3.63, 3.8) is 0 Å². The highest BCUT2D eigenvalue weighted by atomic mass is 19.1. The maximum atomic E-state index is 13.4. The van der Waals surface area contributed by atoms with Crippen LogP contribution in [0.2, 0.25) is 0 Å². The Morgan fingerprint density at radius 1 is 1.38 bits per heavy atom. The molecule has 1 aromatic heterocycles. The number of nitrogens with zero attached hydrogens (tertiary/aromatic N) is 2. The van der Waals surface area contributed by atoms with Crippen LogP contribution in [0.3, 0.4) is 0 Å². The fraction of sp³-hybridized carbons (Fsp3) is 0.250. The minimum Gasteiger partial charge on any atom is -0.359 e. The summed E-state index contributed by atoms with van der Waals surface area (Å²) in [5.41, 5.74) is 0.734. The molecule has 84 valence electrons. The van der Waals surface area contributed by atoms with Crippen molar-refractivity contribution in [2.75, 3.05) is 12.4 Å². The molecule has 0 saturated heterocycles. The number of nitrogens with one attached hydrogen (secondary N) is 1. The van der Waals surface area contributed by atoms with Gasteiger partial charge in [-0.05, 0) is 18.1 Å². The maximum absolute atomic E-state index is 13.4. The highest BCUT2D eigenvalue weighted by molar-refractivity contribution is 5.25. The van der Waals surface area contributed by atoms with Crippen LogP contribution in [0.5, 0.6) is 0 Å². The Morgan fingerprint density at radius 2 is 2.19 bits per heavy atom. The number of aromatic nitrogens is 2. The molecule has 0 fully saturated rings. The van der Waals surface area contributed by atoms with E-state index in [1.54, 1.807) is 12.3 Å². The first-order chi connectivity index (χ1) is 7.81. The third kappa shape index (κ3) is 2.21. The van der Waals surface area contributed by atoms with Crippen LogP contribution in [0.25, 0.3) is 0 Å². The highest BCUT2D eigenvalue weighted by Crippen LogP contribution is 2.10. The zero-order valence-electron chi connectivity index (χ0n) is 9.15. The molecule has 4 heteroatoms. The van der Waals surface area contributed by atoms with Gasteiger partial charge in [-0.1, -0.05) is 18.2 Å². The van der Waals surface area contributed by atoms with E-state index in [9.17, 15) is 4.39 Å². The predicted molar refractivity (Wildman–Crippen MR) is 61.9 cm³/mol. The molecule has 1 N–H and O–H groups in total. The number of anilines is 1. The average molecular weight is 219 g/mol. The van der Waals surface area contributed by atoms with Crippen LogP contribution in [0.1, 0.15) is 5.56 Å². The van der Waals surface area contributed by atoms with Crippen LogP contribution in [0.4, 0.5) is 10.3 Å². The predicted octanol–water partition coefficient (Wildman–Crippen LogP) is 2.31. The summed E-state index contributed by atoms with van der Waals surface area (Å²) >= 11 is 0. The molecule has 0 spiro atoms. The van der Waals surface area contributed by atoms with Crippen LogP contribution in [-0.2, 0) is 13.0 Å². The van der Waals surface area contributed by atoms with Gasteiger partial charge in [-0.3, -0.25) is 0 Å². The van der Waals surface area contributed by atoms with Gasteiger partial charge in [-0.2, -0.15) is 0 Å². The van der Waals surface area contributed by atoms with Crippen LogP contribution in [-0.4, -0.2) is 16.6 Å². The first-order valence-corrected chi connectivity index (χ1v) is 5.23. The topological polar surface area (TPSA) is 29.9 Å². The monoisotopic (exact) mass is 219 g/mol. The molecular formula is C12H14FN3. The first-order valence-electron chi connectivity index (χ1n) is 5.23. The van der Waals surface area contributed by atoms with Crippen molar-refractivity contribution < 1.29 is 4.39 Å². The maximum Gasteiger partial charge on any atom is 0.202 e. The first kappa shape index (κ1) is 10.7. The Labute approximate surface area is 93.9 Å². The lowest BCUT2D eigenvalue weighted by Crippen LogP contribution is -2.05. The summed E-state index contributed by atoms with van der Waals surface area (Å²) in [4.78, 5) is 4.13. The zero-order valence-corrected chi connectivity index (χ0v) is 9.15. The quantitative estimate of drug-likeness (QED) is 0.855. The van der Waals surface area contributed by atoms with Crippen molar-refractivity contribution in [1.29, 1.82) is 0 Å². The van der Waals surface area contributed by atoms with Gasteiger partial charge in [0.25, 0.3) is 0 Å². The lowest BCUT2D eigenvalue weighted by atomic mass is 10.1. The number of aryl methyl sites for hydroxylation is 2. The van der Waals surface area contributed by atoms with Crippen molar-refractivity contribution in [2.24, 2.45) is 0 Å². The van der Waals surface area contributed by atoms with Crippen LogP contribution < -0.4 is 5.32 Å². The van der Waals surface area contributed by atoms with E-state index in [-0.39, 0.29) is 5.82 Å². The number of hydrogen-bond acceptors (Lipinski definition) is 2. The number of rotatable bonds is 4. The van der Waals surface area contributed by atoms with E-state index in [1.807, 2.05) is 29.9 Å². The molecule has 0 atom stereocenters. The van der Waals surface area contributed by atoms with Gasteiger partial charge in [0.2, 0.25) is 5.95 Å². The molecule has 0 aliphatic carbocycles. The second kappa shape index (κ2) is 4.79. The Balaban J connectivity index is 2.05. The van der Waals surface area contributed by atoms with Crippen LogP contribution in [0, 0.1) is 5.82 Å². The normalized spacial score (nSPS) is 10.4. The van der Waals surface area contributed by atoms with E-state index >= 15 is 0 Å². The third-order valence-corrected chi connectivity index (χ3v) is 2.52. The zero-order chi connectivity index (χ0) is 11.4. The lowest BCUT2D eigenvalue weighted by molar-refractivity contribution is 0.594. The smallest absolute Gasteiger partial charge is 0.202 e. The highest BCUT2D eigenvalue weighted by Gasteiger charge is 2.03. The molecule has 3 nitrogen and oxygen atoms in total. The number of hydrogen-bond donors (Lipinski definition) is 1. The van der Waals surface area contributed by atoms with Gasteiger partial charge in [-0.15, -0.1) is 0 Å². The molecule has 16 heavy (non-hydrogen) atoms. The Bertz CT molecular complexity index is 465. The molecule has 0 aliphatic rings. The second-order valence-corrected chi connectivity index (χ2v) is 3.54. The van der Waals surface area contributed by atoms with E-state index in [1.165, 1.54) is 6.07 Å². The summed E-state index contributed by atoms with van der Waals surface area (Å²) < 4.78 is 15.3. The molecule has 1 heterocycles. The fourth-order valence-electron chi connectivity index (χ4n) is 1.66. The van der Waals surface area contributed by atoms with Crippen LogP contribution in [0.15, 0.2) is 36.7 Å². The van der Waals surface area contributed by atoms with Crippen molar-refractivity contribution in [2.45, 2.75) is 13.0 Å². The van der Waals surface area contributed by atoms with E-state index in [2.05, 4.69) is 10.3 Å². The average Bonchev–Trinajstić information content (AvgIpc) is 2.75. The molecule has 0 unspecified atom stereocenters. The molecule has 0 aliphatic heterocycles. The van der Waals surface area contributed by atoms with Gasteiger partial charge in [-0.25, -0.2) is 9.37 Å². The molecule has 2 rings (SSSR count). The molecular weight excluding hydrogens is 205 g/mol. The van der Waals surface area contributed by atoms with Crippen molar-refractivity contribution in [3.8, 4) is 0 Å². The molecule has 2 aromatic rings. The molecule has 1 aromatic carbocycles. The Kier molecular flexibility index (Phi) is 3.19. The van der Waals surface area contributed by atoms with Crippen molar-refractivity contribution in [1.82, 2.24) is 9.55 Å². The fourth-order valence-corrected chi connectivity index (χ4v) is 1.66. The van der Waals surface area contributed by atoms with Crippen molar-refractivity contribution in [3.05, 3.63) is 48.0 Å². The second-order valence-electron chi connectivity index (χ2n) is 3.54. The van der Waals surface area contributed by atoms with Gasteiger partial charge in [0.15, 0.2) is 0 Å². The van der Waals surface area contributed by atoms with Crippen LogP contribution >= 0.6 is 0 Å². The third-order valence-electron chi connectivity index (χ3n) is 2.52. The summed E-state index contributed by atoms with van der Waals surface area (Å²) in [6.07, 6.45) is 4.28. The summed E-state index contributed by atoms with van der Waals surface area (Å²) in [6.45, 7) is 0.719. The molecule has 0 amide bonds. The van der Waals surface area contributed by atoms with E-state index in [0.29, 0.717) is 6.42 Å². The van der Waals surface area contributed by atoms with Crippen molar-refractivity contribution >= 4 is 5.95 Å². The number of benzene rings is 1. The van der Waals surface area contributed by atoms with E-state index in [0.717, 1.165) is 18.1 Å². The van der Waals surface area contributed by atoms with E-state index in [4.69, 9.17) is 0 Å². The SMILES string of the molecule is CNc1nccn1CCc1ccccc1F. The lowest BCUT2D eigenvalue weighted by Gasteiger charge is -2.07. The molecule has 0 saturated carbocycles. The minimum absolute atomic E-state index is 0.145. The van der Waals surface area contributed by atoms with Gasteiger partial charge < -0.3 is 9.88 Å². The van der Waals surface area contributed by atoms with E-state index < -0.39 is 0 Å². The summed E-state index contributed by atoms with van der Waals surface area (Å²) in [5.74, 6) is 0.657. The van der Waals surface area contributed by atoms with Gasteiger partial charge in [0, 0.05) is 26.0 Å². The standard InChI is InChI=1S/C12H14FN3/c1-14-12-15-7-9-16(12)8-6-10-4-2-3-5-11(10)13/h2-5,7,9H,6,8H2,1H3,(H,14,15). The number of halogens is 1. The summed E-state index contributed by atoms with van der Waals surface area (Å²) in [5, 5.41) is 2.98.